The molecule has 0 aliphatic heterocycles. The Balaban J connectivity index is 1.70. The van der Waals surface area contributed by atoms with Gasteiger partial charge < -0.3 is 9.26 Å². The van der Waals surface area contributed by atoms with Gasteiger partial charge in [0.15, 0.2) is 0 Å². The predicted octanol–water partition coefficient (Wildman–Crippen LogP) is 5.15. The van der Waals surface area contributed by atoms with Crippen LogP contribution in [0.2, 0.25) is 5.02 Å². The van der Waals surface area contributed by atoms with E-state index in [0.29, 0.717) is 16.3 Å². The molecule has 0 fully saturated rings. The molecule has 0 aliphatic rings. The number of nitrogens with one attached hydrogen (secondary N) is 1. The van der Waals surface area contributed by atoms with E-state index in [4.69, 9.17) is 16.1 Å². The largest absolute Gasteiger partial charge is 0.573 e. The van der Waals surface area contributed by atoms with E-state index in [-0.39, 0.29) is 11.4 Å². The molecule has 0 aliphatic carbocycles. The van der Waals surface area contributed by atoms with E-state index in [9.17, 15) is 18.0 Å². The summed E-state index contributed by atoms with van der Waals surface area (Å²) in [7, 11) is 0. The fraction of sp³-hybridized carbons (Fsp3) is 0.0588. The van der Waals surface area contributed by atoms with Crippen LogP contribution in [0.4, 0.5) is 19.1 Å². The van der Waals surface area contributed by atoms with Crippen molar-refractivity contribution < 1.29 is 27.2 Å². The Kier molecular flexibility index (Phi) is 4.85. The highest BCUT2D eigenvalue weighted by molar-refractivity contribution is 6.33. The van der Waals surface area contributed by atoms with Crippen LogP contribution < -0.4 is 10.1 Å². The number of ether oxygens (including phenoxy) is 1. The molecule has 1 amide bonds. The zero-order chi connectivity index (χ0) is 18.7. The van der Waals surface area contributed by atoms with Gasteiger partial charge in [0.25, 0.3) is 5.91 Å². The Morgan fingerprint density at radius 2 is 1.81 bits per heavy atom. The molecule has 0 unspecified atom stereocenters. The minimum absolute atomic E-state index is 0.0699. The third-order valence-corrected chi connectivity index (χ3v) is 3.58. The average molecular weight is 383 g/mol. The van der Waals surface area contributed by atoms with Gasteiger partial charge in [-0.3, -0.25) is 10.1 Å². The Hall–Kier alpha value is -3.00. The summed E-state index contributed by atoms with van der Waals surface area (Å²) >= 11 is 6.07. The highest BCUT2D eigenvalue weighted by Gasteiger charge is 2.31. The van der Waals surface area contributed by atoms with Crippen molar-refractivity contribution in [3.05, 3.63) is 65.2 Å². The highest BCUT2D eigenvalue weighted by atomic mass is 35.5. The first kappa shape index (κ1) is 17.8. The number of amides is 1. The van der Waals surface area contributed by atoms with Gasteiger partial charge in [0, 0.05) is 17.2 Å². The van der Waals surface area contributed by atoms with Crippen molar-refractivity contribution in [3.8, 4) is 17.0 Å². The number of nitrogens with zero attached hydrogens (tertiary/aromatic N) is 1. The first-order valence-corrected chi connectivity index (χ1v) is 7.58. The molecule has 1 heterocycles. The van der Waals surface area contributed by atoms with E-state index in [1.54, 1.807) is 24.3 Å². The molecule has 0 radical (unpaired) electrons. The summed E-state index contributed by atoms with van der Waals surface area (Å²) in [6.07, 6.45) is -4.79. The second-order valence-corrected chi connectivity index (χ2v) is 5.49. The van der Waals surface area contributed by atoms with Gasteiger partial charge in [0.1, 0.15) is 11.4 Å². The van der Waals surface area contributed by atoms with Crippen LogP contribution in [-0.4, -0.2) is 17.4 Å². The van der Waals surface area contributed by atoms with Crippen LogP contribution in [0.3, 0.4) is 0 Å². The minimum atomic E-state index is -4.79. The van der Waals surface area contributed by atoms with E-state index >= 15 is 0 Å². The van der Waals surface area contributed by atoms with Crippen LogP contribution in [-0.2, 0) is 0 Å². The van der Waals surface area contributed by atoms with Gasteiger partial charge in [-0.15, -0.1) is 13.2 Å². The number of anilines is 1. The standard InChI is InChI=1S/C17H10ClF3N2O3/c18-13-4-2-1-3-12(13)14-9-15(26-23-14)22-16(24)10-5-7-11(8-6-10)25-17(19,20)21/h1-9H,(H,22,24). The number of rotatable bonds is 4. The second-order valence-electron chi connectivity index (χ2n) is 5.08. The molecule has 0 spiro atoms. The summed E-state index contributed by atoms with van der Waals surface area (Å²) in [6.45, 7) is 0. The van der Waals surface area contributed by atoms with Gasteiger partial charge in [0.2, 0.25) is 5.88 Å². The molecule has 2 aromatic carbocycles. The van der Waals surface area contributed by atoms with Crippen LogP contribution >= 0.6 is 11.6 Å². The Bertz CT molecular complexity index is 924. The van der Waals surface area contributed by atoms with E-state index in [1.165, 1.54) is 18.2 Å². The first-order chi connectivity index (χ1) is 12.3. The van der Waals surface area contributed by atoms with Gasteiger partial charge in [-0.2, -0.15) is 0 Å². The molecule has 5 nitrogen and oxygen atoms in total. The second kappa shape index (κ2) is 7.09. The Labute approximate surface area is 150 Å². The summed E-state index contributed by atoms with van der Waals surface area (Å²) < 4.78 is 45.2. The molecular formula is C17H10ClF3N2O3. The molecule has 0 bridgehead atoms. The number of hydrogen-bond acceptors (Lipinski definition) is 4. The highest BCUT2D eigenvalue weighted by Crippen LogP contribution is 2.28. The SMILES string of the molecule is O=C(Nc1cc(-c2ccccc2Cl)no1)c1ccc(OC(F)(F)F)cc1. The van der Waals surface area contributed by atoms with Crippen LogP contribution in [0, 0.1) is 0 Å². The van der Waals surface area contributed by atoms with Crippen molar-refractivity contribution in [1.29, 1.82) is 0 Å². The van der Waals surface area contributed by atoms with Crippen molar-refractivity contribution in [1.82, 2.24) is 5.16 Å². The maximum atomic E-state index is 12.1. The average Bonchev–Trinajstić information content (AvgIpc) is 3.02. The van der Waals surface area contributed by atoms with Crippen LogP contribution in [0.1, 0.15) is 10.4 Å². The normalized spacial score (nSPS) is 11.2. The summed E-state index contributed by atoms with van der Waals surface area (Å²) in [5.41, 5.74) is 1.18. The van der Waals surface area contributed by atoms with Crippen molar-refractivity contribution in [2.45, 2.75) is 6.36 Å². The molecule has 0 saturated carbocycles. The topological polar surface area (TPSA) is 64.4 Å². The van der Waals surface area contributed by atoms with E-state index in [2.05, 4.69) is 15.2 Å². The smallest absolute Gasteiger partial charge is 0.406 e. The Morgan fingerprint density at radius 3 is 2.46 bits per heavy atom. The molecule has 1 N–H and O–H groups in total. The van der Waals surface area contributed by atoms with E-state index in [1.807, 2.05) is 0 Å². The lowest BCUT2D eigenvalue weighted by Crippen LogP contribution is -2.17. The summed E-state index contributed by atoms with van der Waals surface area (Å²) in [5, 5.41) is 6.76. The molecule has 1 aromatic heterocycles. The molecular weight excluding hydrogens is 373 g/mol. The van der Waals surface area contributed by atoms with Crippen LogP contribution in [0.5, 0.6) is 5.75 Å². The third kappa shape index (κ3) is 4.34. The van der Waals surface area contributed by atoms with Gasteiger partial charge in [-0.25, -0.2) is 0 Å². The molecule has 3 aromatic rings. The van der Waals surface area contributed by atoms with Crippen LogP contribution in [0.25, 0.3) is 11.3 Å². The van der Waals surface area contributed by atoms with Gasteiger partial charge in [-0.1, -0.05) is 35.0 Å². The number of benzene rings is 2. The number of hydrogen-bond donors (Lipinski definition) is 1. The van der Waals surface area contributed by atoms with Crippen LogP contribution in [0.15, 0.2) is 59.1 Å². The molecule has 3 rings (SSSR count). The zero-order valence-corrected chi connectivity index (χ0v) is 13.6. The number of carbonyl (C=O) groups excluding carboxylic acids is 1. The first-order valence-electron chi connectivity index (χ1n) is 7.20. The zero-order valence-electron chi connectivity index (χ0n) is 12.9. The summed E-state index contributed by atoms with van der Waals surface area (Å²) in [6, 6.07) is 12.9. The minimum Gasteiger partial charge on any atom is -0.406 e. The molecule has 26 heavy (non-hydrogen) atoms. The monoisotopic (exact) mass is 382 g/mol. The number of carbonyl (C=O) groups is 1. The van der Waals surface area contributed by atoms with E-state index in [0.717, 1.165) is 12.1 Å². The molecule has 0 atom stereocenters. The van der Waals surface area contributed by atoms with Crippen molar-refractivity contribution in [2.75, 3.05) is 5.32 Å². The fourth-order valence-corrected chi connectivity index (χ4v) is 2.35. The van der Waals surface area contributed by atoms with Gasteiger partial charge in [0.05, 0.1) is 5.02 Å². The lowest BCUT2D eigenvalue weighted by molar-refractivity contribution is -0.274. The predicted molar refractivity (Wildman–Crippen MR) is 88.0 cm³/mol. The lowest BCUT2D eigenvalue weighted by Gasteiger charge is -2.08. The van der Waals surface area contributed by atoms with Gasteiger partial charge in [-0.05, 0) is 30.3 Å². The van der Waals surface area contributed by atoms with Gasteiger partial charge >= 0.3 is 6.36 Å². The fourth-order valence-electron chi connectivity index (χ4n) is 2.12. The lowest BCUT2D eigenvalue weighted by atomic mass is 10.1. The number of alkyl halides is 3. The van der Waals surface area contributed by atoms with Crippen molar-refractivity contribution in [2.24, 2.45) is 0 Å². The maximum absolute atomic E-state index is 12.1. The Morgan fingerprint density at radius 1 is 1.12 bits per heavy atom. The molecule has 134 valence electrons. The molecule has 0 saturated heterocycles. The number of aromatic nitrogens is 1. The summed E-state index contributed by atoms with van der Waals surface area (Å²) in [5.74, 6) is -0.930. The third-order valence-electron chi connectivity index (χ3n) is 3.25. The molecule has 9 heteroatoms. The quantitative estimate of drug-likeness (QED) is 0.678. The maximum Gasteiger partial charge on any atom is 0.573 e. The van der Waals surface area contributed by atoms with E-state index < -0.39 is 18.0 Å². The van der Waals surface area contributed by atoms with Crippen molar-refractivity contribution in [3.63, 3.8) is 0 Å². The number of halogens is 4. The van der Waals surface area contributed by atoms with Crippen molar-refractivity contribution >= 4 is 23.4 Å². The summed E-state index contributed by atoms with van der Waals surface area (Å²) in [4.78, 5) is 12.1.